The molecule has 1 fully saturated rings. The third-order valence-electron chi connectivity index (χ3n) is 0.699. The lowest BCUT2D eigenvalue weighted by atomic mass is 10.8. The van der Waals surface area contributed by atoms with Crippen LogP contribution in [0.1, 0.15) is 0 Å². The highest BCUT2D eigenvalue weighted by molar-refractivity contribution is 5.73. The van der Waals surface area contributed by atoms with Crippen molar-refractivity contribution < 1.29 is 4.79 Å². The normalized spacial score (nSPS) is 20.3. The molecule has 0 spiro atoms. The lowest BCUT2D eigenvalue weighted by molar-refractivity contribution is 0.232. The molecule has 1 heterocycles. The Labute approximate surface area is 41.3 Å². The third kappa shape index (κ3) is 1.04. The molecule has 7 heavy (non-hydrogen) atoms. The summed E-state index contributed by atoms with van der Waals surface area (Å²) < 4.78 is 0. The fraction of sp³-hybridized carbons (Fsp3) is 0.667. The Morgan fingerprint density at radius 2 is 2.57 bits per heavy atom. The third-order valence-corrected chi connectivity index (χ3v) is 0.699. The minimum atomic E-state index is -0.223. The molecule has 0 atom stereocenters. The zero-order valence-electron chi connectivity index (χ0n) is 3.77. The van der Waals surface area contributed by atoms with Gasteiger partial charge in [0.25, 0.3) is 0 Å². The summed E-state index contributed by atoms with van der Waals surface area (Å²) in [5, 5.41) is 8.75. The minimum Gasteiger partial charge on any atom is -0.324 e. The van der Waals surface area contributed by atoms with E-state index in [9.17, 15) is 4.79 Å². The van der Waals surface area contributed by atoms with E-state index in [2.05, 4.69) is 16.0 Å². The average Bonchev–Trinajstić information content (AvgIpc) is 1.69. The van der Waals surface area contributed by atoms with E-state index in [1.807, 2.05) is 0 Å². The van der Waals surface area contributed by atoms with Crippen molar-refractivity contribution in [3.63, 3.8) is 0 Å². The summed E-state index contributed by atoms with van der Waals surface area (Å²) in [5.74, 6) is 0. The molecular weight excluding hydrogens is 94.1 g/mol. The molecule has 4 heteroatoms. The van der Waals surface area contributed by atoms with Gasteiger partial charge in [-0.25, -0.2) is 10.1 Å². The van der Waals surface area contributed by atoms with E-state index in [1.54, 1.807) is 0 Å². The van der Waals surface area contributed by atoms with Gasteiger partial charge < -0.3 is 5.32 Å². The summed E-state index contributed by atoms with van der Waals surface area (Å²) in [6, 6.07) is -0.223. The van der Waals surface area contributed by atoms with Crippen LogP contribution in [0.15, 0.2) is 0 Å². The molecule has 1 saturated heterocycles. The van der Waals surface area contributed by atoms with Crippen molar-refractivity contribution in [2.75, 3.05) is 13.3 Å². The fourth-order valence-corrected chi connectivity index (χ4v) is 0.378. The van der Waals surface area contributed by atoms with Gasteiger partial charge in [-0.3, -0.25) is 5.32 Å². The number of nitrogens with zero attached hydrogens (tertiary/aromatic N) is 1. The van der Waals surface area contributed by atoms with Gasteiger partial charge in [0.2, 0.25) is 0 Å². The maximum absolute atomic E-state index is 10.1. The van der Waals surface area contributed by atoms with Crippen LogP contribution in [0.3, 0.4) is 0 Å². The Morgan fingerprint density at radius 3 is 2.86 bits per heavy atom. The number of hydrogen-bond acceptors (Lipinski definition) is 2. The number of carbonyl (C=O) groups excluding carboxylic acids is 1. The van der Waals surface area contributed by atoms with Gasteiger partial charge in [-0.2, -0.15) is 0 Å². The van der Waals surface area contributed by atoms with Crippen molar-refractivity contribution in [1.82, 2.24) is 16.0 Å². The first-order valence-corrected chi connectivity index (χ1v) is 2.05. The van der Waals surface area contributed by atoms with Crippen LogP contribution in [0.2, 0.25) is 0 Å². The van der Waals surface area contributed by atoms with Crippen molar-refractivity contribution >= 4 is 6.03 Å². The lowest BCUT2D eigenvalue weighted by Gasteiger charge is -2.11. The molecule has 1 rings (SSSR count). The molecule has 4 nitrogen and oxygen atoms in total. The molecule has 2 amide bonds. The van der Waals surface area contributed by atoms with Gasteiger partial charge in [0, 0.05) is 0 Å². The molecule has 39 valence electrons. The van der Waals surface area contributed by atoms with Gasteiger partial charge in [-0.05, 0) is 0 Å². The molecule has 0 aromatic heterocycles. The number of rotatable bonds is 0. The second-order valence-corrected chi connectivity index (χ2v) is 1.22. The van der Waals surface area contributed by atoms with E-state index in [1.165, 1.54) is 0 Å². The van der Waals surface area contributed by atoms with Gasteiger partial charge >= 0.3 is 6.03 Å². The summed E-state index contributed by atoms with van der Waals surface area (Å²) in [6.45, 7) is 0.994. The number of amides is 2. The fourth-order valence-electron chi connectivity index (χ4n) is 0.378. The SMILES string of the molecule is O=C1[N]CNCN1. The van der Waals surface area contributed by atoms with Gasteiger partial charge in [0.15, 0.2) is 0 Å². The number of hydrogen-bond donors (Lipinski definition) is 2. The highest BCUT2D eigenvalue weighted by Crippen LogP contribution is 1.68. The number of nitrogens with one attached hydrogen (secondary N) is 2. The van der Waals surface area contributed by atoms with Gasteiger partial charge in [0.1, 0.15) is 0 Å². The minimum absolute atomic E-state index is 0.223. The smallest absolute Gasteiger partial charge is 0.324 e. The van der Waals surface area contributed by atoms with Crippen LogP contribution in [-0.4, -0.2) is 19.4 Å². The second-order valence-electron chi connectivity index (χ2n) is 1.22. The summed E-state index contributed by atoms with van der Waals surface area (Å²) in [4.78, 5) is 10.1. The van der Waals surface area contributed by atoms with E-state index in [-0.39, 0.29) is 6.03 Å². The monoisotopic (exact) mass is 100 g/mol. The van der Waals surface area contributed by atoms with Crippen LogP contribution in [0.4, 0.5) is 4.79 Å². The zero-order chi connectivity index (χ0) is 5.11. The molecule has 1 aliphatic heterocycles. The summed E-state index contributed by atoms with van der Waals surface area (Å²) in [5.41, 5.74) is 0. The lowest BCUT2D eigenvalue weighted by Crippen LogP contribution is -2.47. The highest BCUT2D eigenvalue weighted by atomic mass is 16.2. The van der Waals surface area contributed by atoms with Crippen molar-refractivity contribution in [1.29, 1.82) is 0 Å². The molecule has 0 aromatic rings. The topological polar surface area (TPSA) is 55.2 Å². The average molecular weight is 100 g/mol. The van der Waals surface area contributed by atoms with Crippen LogP contribution in [0, 0.1) is 0 Å². The van der Waals surface area contributed by atoms with Crippen molar-refractivity contribution in [3.05, 3.63) is 0 Å². The predicted molar refractivity (Wildman–Crippen MR) is 23.5 cm³/mol. The first kappa shape index (κ1) is 4.39. The molecular formula is C3H6N3O. The zero-order valence-corrected chi connectivity index (χ0v) is 3.77. The second kappa shape index (κ2) is 1.79. The Kier molecular flexibility index (Phi) is 1.12. The van der Waals surface area contributed by atoms with E-state index < -0.39 is 0 Å². The molecule has 0 saturated carbocycles. The summed E-state index contributed by atoms with van der Waals surface area (Å²) >= 11 is 0. The summed E-state index contributed by atoms with van der Waals surface area (Å²) in [7, 11) is 0. The van der Waals surface area contributed by atoms with Gasteiger partial charge in [0.05, 0.1) is 13.3 Å². The Morgan fingerprint density at radius 1 is 1.71 bits per heavy atom. The summed E-state index contributed by atoms with van der Waals surface area (Å²) in [6.07, 6.45) is 0. The molecule has 1 aliphatic rings. The maximum atomic E-state index is 10.1. The van der Waals surface area contributed by atoms with Crippen LogP contribution in [0.25, 0.3) is 0 Å². The molecule has 0 unspecified atom stereocenters. The van der Waals surface area contributed by atoms with Crippen LogP contribution in [-0.2, 0) is 0 Å². The quantitative estimate of drug-likeness (QED) is 0.402. The van der Waals surface area contributed by atoms with E-state index in [4.69, 9.17) is 0 Å². The van der Waals surface area contributed by atoms with Crippen molar-refractivity contribution in [2.24, 2.45) is 0 Å². The molecule has 0 aliphatic carbocycles. The number of urea groups is 1. The van der Waals surface area contributed by atoms with Crippen LogP contribution >= 0.6 is 0 Å². The maximum Gasteiger partial charge on any atom is 0.338 e. The van der Waals surface area contributed by atoms with E-state index in [0.717, 1.165) is 0 Å². The molecule has 0 bridgehead atoms. The van der Waals surface area contributed by atoms with E-state index in [0.29, 0.717) is 13.3 Å². The first-order valence-electron chi connectivity index (χ1n) is 2.05. The molecule has 1 radical (unpaired) electrons. The standard InChI is InChI=1S/C3H6N3O/c7-3-5-1-4-2-6-3/h4H,1-2H2,(H,5,7). The van der Waals surface area contributed by atoms with E-state index >= 15 is 0 Å². The largest absolute Gasteiger partial charge is 0.338 e. The van der Waals surface area contributed by atoms with Gasteiger partial charge in [-0.1, -0.05) is 0 Å². The number of carbonyl (C=O) groups is 1. The highest BCUT2D eigenvalue weighted by Gasteiger charge is 2.03. The first-order chi connectivity index (χ1) is 3.39. The Bertz CT molecular complexity index is 74.2. The van der Waals surface area contributed by atoms with Gasteiger partial charge in [-0.15, -0.1) is 0 Å². The molecule has 2 N–H and O–H groups in total. The Balaban J connectivity index is 2.25. The van der Waals surface area contributed by atoms with Crippen LogP contribution < -0.4 is 16.0 Å². The Hall–Kier alpha value is -0.770. The van der Waals surface area contributed by atoms with Crippen molar-refractivity contribution in [2.45, 2.75) is 0 Å². The predicted octanol–water partition coefficient (Wildman–Crippen LogP) is -1.18. The van der Waals surface area contributed by atoms with Crippen LogP contribution in [0.5, 0.6) is 0 Å². The van der Waals surface area contributed by atoms with Crippen molar-refractivity contribution in [3.8, 4) is 0 Å². The molecule has 0 aromatic carbocycles.